The van der Waals surface area contributed by atoms with Crippen LogP contribution < -0.4 is 5.32 Å². The van der Waals surface area contributed by atoms with Gasteiger partial charge in [0.1, 0.15) is 0 Å². The Balaban J connectivity index is 2.82. The Bertz CT molecular complexity index is 404. The first-order valence-electron chi connectivity index (χ1n) is 5.90. The standard InChI is InChI=1S/C12H19N3O3/c1-4-13-11(8-18-3)5-10-6-12(15(16)17)9(2)7-14-10/h6-7,11,13H,4-5,8H2,1-3H3. The fourth-order valence-corrected chi connectivity index (χ4v) is 1.80. The fraction of sp³-hybridized carbons (Fsp3) is 0.583. The molecule has 0 aliphatic carbocycles. The number of ether oxygens (including phenoxy) is 1. The molecule has 0 saturated heterocycles. The molecule has 0 saturated carbocycles. The highest BCUT2D eigenvalue weighted by molar-refractivity contribution is 5.38. The van der Waals surface area contributed by atoms with Gasteiger partial charge < -0.3 is 10.1 Å². The Morgan fingerprint density at radius 1 is 1.61 bits per heavy atom. The van der Waals surface area contributed by atoms with E-state index in [4.69, 9.17) is 4.74 Å². The van der Waals surface area contributed by atoms with Crippen LogP contribution in [0.1, 0.15) is 18.2 Å². The van der Waals surface area contributed by atoms with Gasteiger partial charge in [0.05, 0.1) is 11.5 Å². The molecule has 0 aliphatic rings. The van der Waals surface area contributed by atoms with E-state index in [1.807, 2.05) is 6.92 Å². The minimum absolute atomic E-state index is 0.118. The van der Waals surface area contributed by atoms with E-state index in [1.54, 1.807) is 20.2 Å². The van der Waals surface area contributed by atoms with Gasteiger partial charge in [0, 0.05) is 43.1 Å². The van der Waals surface area contributed by atoms with Crippen molar-refractivity contribution in [3.63, 3.8) is 0 Å². The average Bonchev–Trinajstić information content (AvgIpc) is 2.32. The topological polar surface area (TPSA) is 77.3 Å². The molecule has 1 N–H and O–H groups in total. The molecule has 0 fully saturated rings. The predicted octanol–water partition coefficient (Wildman–Crippen LogP) is 1.47. The molecule has 100 valence electrons. The molecule has 1 aromatic heterocycles. The maximum Gasteiger partial charge on any atom is 0.275 e. The lowest BCUT2D eigenvalue weighted by Crippen LogP contribution is -2.35. The maximum atomic E-state index is 10.8. The Kier molecular flexibility index (Phi) is 5.67. The Morgan fingerprint density at radius 2 is 2.33 bits per heavy atom. The molecular weight excluding hydrogens is 234 g/mol. The van der Waals surface area contributed by atoms with Crippen LogP contribution in [0.4, 0.5) is 5.69 Å². The summed E-state index contributed by atoms with van der Waals surface area (Å²) in [5.74, 6) is 0. The molecule has 1 aromatic rings. The number of nitrogens with one attached hydrogen (secondary N) is 1. The molecule has 0 radical (unpaired) electrons. The van der Waals surface area contributed by atoms with Crippen LogP contribution in [-0.2, 0) is 11.2 Å². The van der Waals surface area contributed by atoms with Crippen molar-refractivity contribution in [3.05, 3.63) is 33.6 Å². The third kappa shape index (κ3) is 4.05. The summed E-state index contributed by atoms with van der Waals surface area (Å²) in [5, 5.41) is 14.1. The van der Waals surface area contributed by atoms with Crippen molar-refractivity contribution in [2.45, 2.75) is 26.3 Å². The van der Waals surface area contributed by atoms with Crippen molar-refractivity contribution < 1.29 is 9.66 Å². The van der Waals surface area contributed by atoms with Crippen LogP contribution in [0.5, 0.6) is 0 Å². The van der Waals surface area contributed by atoms with Crippen LogP contribution in [0.15, 0.2) is 12.3 Å². The molecule has 1 heterocycles. The van der Waals surface area contributed by atoms with Gasteiger partial charge in [-0.2, -0.15) is 0 Å². The van der Waals surface area contributed by atoms with E-state index in [2.05, 4.69) is 10.3 Å². The van der Waals surface area contributed by atoms with Gasteiger partial charge in [0.25, 0.3) is 5.69 Å². The quantitative estimate of drug-likeness (QED) is 0.588. The Morgan fingerprint density at radius 3 is 2.89 bits per heavy atom. The second-order valence-electron chi connectivity index (χ2n) is 4.13. The van der Waals surface area contributed by atoms with Crippen molar-refractivity contribution in [2.75, 3.05) is 20.3 Å². The molecule has 1 unspecified atom stereocenters. The van der Waals surface area contributed by atoms with Crippen molar-refractivity contribution >= 4 is 5.69 Å². The van der Waals surface area contributed by atoms with E-state index in [0.29, 0.717) is 24.3 Å². The van der Waals surface area contributed by atoms with Gasteiger partial charge in [-0.15, -0.1) is 0 Å². The van der Waals surface area contributed by atoms with Crippen LogP contribution in [0.25, 0.3) is 0 Å². The van der Waals surface area contributed by atoms with E-state index < -0.39 is 0 Å². The Hall–Kier alpha value is -1.53. The SMILES string of the molecule is CCNC(COC)Cc1cc([N+](=O)[O-])c(C)cn1. The summed E-state index contributed by atoms with van der Waals surface area (Å²) in [7, 11) is 1.63. The second-order valence-corrected chi connectivity index (χ2v) is 4.13. The first-order valence-corrected chi connectivity index (χ1v) is 5.90. The number of methoxy groups -OCH3 is 1. The first kappa shape index (κ1) is 14.5. The summed E-state index contributed by atoms with van der Waals surface area (Å²) >= 11 is 0. The first-order chi connectivity index (χ1) is 8.58. The molecule has 0 bridgehead atoms. The van der Waals surface area contributed by atoms with Crippen molar-refractivity contribution in [3.8, 4) is 0 Å². The van der Waals surface area contributed by atoms with Gasteiger partial charge in [0.15, 0.2) is 0 Å². The van der Waals surface area contributed by atoms with Gasteiger partial charge in [-0.25, -0.2) is 0 Å². The fourth-order valence-electron chi connectivity index (χ4n) is 1.80. The molecule has 1 rings (SSSR count). The molecule has 18 heavy (non-hydrogen) atoms. The van der Waals surface area contributed by atoms with Crippen LogP contribution in [0.3, 0.4) is 0 Å². The number of hydrogen-bond donors (Lipinski definition) is 1. The number of aromatic nitrogens is 1. The monoisotopic (exact) mass is 253 g/mol. The molecule has 0 spiro atoms. The molecule has 0 aromatic carbocycles. The smallest absolute Gasteiger partial charge is 0.275 e. The summed E-state index contributed by atoms with van der Waals surface area (Å²) < 4.78 is 5.11. The lowest BCUT2D eigenvalue weighted by Gasteiger charge is -2.16. The van der Waals surface area contributed by atoms with Gasteiger partial charge in [0.2, 0.25) is 0 Å². The van der Waals surface area contributed by atoms with Crippen LogP contribution >= 0.6 is 0 Å². The van der Waals surface area contributed by atoms with Crippen LogP contribution in [0.2, 0.25) is 0 Å². The molecule has 0 aliphatic heterocycles. The van der Waals surface area contributed by atoms with Crippen LogP contribution in [-0.4, -0.2) is 36.2 Å². The predicted molar refractivity (Wildman–Crippen MR) is 68.7 cm³/mol. The van der Waals surface area contributed by atoms with E-state index in [9.17, 15) is 10.1 Å². The maximum absolute atomic E-state index is 10.8. The lowest BCUT2D eigenvalue weighted by molar-refractivity contribution is -0.385. The van der Waals surface area contributed by atoms with Gasteiger partial charge in [-0.3, -0.25) is 15.1 Å². The normalized spacial score (nSPS) is 12.4. The highest BCUT2D eigenvalue weighted by Crippen LogP contribution is 2.18. The highest BCUT2D eigenvalue weighted by Gasteiger charge is 2.15. The second kappa shape index (κ2) is 7.03. The van der Waals surface area contributed by atoms with E-state index in [0.717, 1.165) is 6.54 Å². The largest absolute Gasteiger partial charge is 0.383 e. The summed E-state index contributed by atoms with van der Waals surface area (Å²) in [5.41, 5.74) is 1.40. The number of nitrogens with zero attached hydrogens (tertiary/aromatic N) is 2. The number of likely N-dealkylation sites (N-methyl/N-ethyl adjacent to an activating group) is 1. The highest BCUT2D eigenvalue weighted by atomic mass is 16.6. The van der Waals surface area contributed by atoms with Gasteiger partial charge in [-0.05, 0) is 13.5 Å². The zero-order valence-corrected chi connectivity index (χ0v) is 11.0. The lowest BCUT2D eigenvalue weighted by atomic mass is 10.1. The van der Waals surface area contributed by atoms with E-state index >= 15 is 0 Å². The number of pyridine rings is 1. The average molecular weight is 253 g/mol. The summed E-state index contributed by atoms with van der Waals surface area (Å²) in [4.78, 5) is 14.7. The van der Waals surface area contributed by atoms with Crippen molar-refractivity contribution in [1.29, 1.82) is 0 Å². The van der Waals surface area contributed by atoms with E-state index in [-0.39, 0.29) is 16.7 Å². The van der Waals surface area contributed by atoms with Gasteiger partial charge in [-0.1, -0.05) is 6.92 Å². The van der Waals surface area contributed by atoms with Crippen LogP contribution in [0, 0.1) is 17.0 Å². The third-order valence-electron chi connectivity index (χ3n) is 2.64. The molecule has 0 amide bonds. The Labute approximate surface area is 107 Å². The zero-order chi connectivity index (χ0) is 13.5. The van der Waals surface area contributed by atoms with Crippen molar-refractivity contribution in [2.24, 2.45) is 0 Å². The molecule has 6 heteroatoms. The molecular formula is C12H19N3O3. The summed E-state index contributed by atoms with van der Waals surface area (Å²) in [6.07, 6.45) is 2.16. The number of aryl methyl sites for hydroxylation is 1. The molecule has 1 atom stereocenters. The minimum atomic E-state index is -0.376. The third-order valence-corrected chi connectivity index (χ3v) is 2.64. The summed E-state index contributed by atoms with van der Waals surface area (Å²) in [6, 6.07) is 1.66. The van der Waals surface area contributed by atoms with Crippen molar-refractivity contribution in [1.82, 2.24) is 10.3 Å². The van der Waals surface area contributed by atoms with Gasteiger partial charge >= 0.3 is 0 Å². The summed E-state index contributed by atoms with van der Waals surface area (Å²) in [6.45, 7) is 5.07. The van der Waals surface area contributed by atoms with E-state index in [1.165, 1.54) is 6.07 Å². The number of rotatable bonds is 7. The zero-order valence-electron chi connectivity index (χ0n) is 11.0. The number of nitro groups is 1. The number of hydrogen-bond acceptors (Lipinski definition) is 5. The minimum Gasteiger partial charge on any atom is -0.383 e. The molecule has 6 nitrogen and oxygen atoms in total.